The second-order valence-electron chi connectivity index (χ2n) is 4.37. The largest absolute Gasteiger partial charge is 0.389 e. The number of anilines is 1. The van der Waals surface area contributed by atoms with Gasteiger partial charge in [-0.25, -0.2) is 0 Å². The van der Waals surface area contributed by atoms with Crippen molar-refractivity contribution in [2.24, 2.45) is 5.73 Å². The van der Waals surface area contributed by atoms with Crippen LogP contribution in [0.4, 0.5) is 5.69 Å². The average molecular weight is 244 g/mol. The van der Waals surface area contributed by atoms with Crippen LogP contribution in [0.15, 0.2) is 36.4 Å². The van der Waals surface area contributed by atoms with Gasteiger partial charge in [0.2, 0.25) is 0 Å². The van der Waals surface area contributed by atoms with Gasteiger partial charge in [0.25, 0.3) is 0 Å². The minimum absolute atomic E-state index is 0.397. The van der Waals surface area contributed by atoms with Crippen molar-refractivity contribution in [3.63, 3.8) is 0 Å². The maximum atomic E-state index is 5.74. The molecule has 0 aliphatic heterocycles. The van der Waals surface area contributed by atoms with Crippen molar-refractivity contribution in [3.05, 3.63) is 42.0 Å². The highest BCUT2D eigenvalue weighted by molar-refractivity contribution is 7.80. The van der Waals surface area contributed by atoms with Gasteiger partial charge >= 0.3 is 0 Å². The Hall–Kier alpha value is -1.61. The zero-order valence-corrected chi connectivity index (χ0v) is 10.8. The molecule has 0 aliphatic rings. The van der Waals surface area contributed by atoms with Gasteiger partial charge < -0.3 is 11.1 Å². The van der Waals surface area contributed by atoms with E-state index in [9.17, 15) is 0 Å². The topological polar surface area (TPSA) is 38.0 Å². The fraction of sp³-hybridized carbons (Fsp3) is 0.214. The van der Waals surface area contributed by atoms with Gasteiger partial charge in [-0.1, -0.05) is 36.5 Å². The number of hydrogen-bond donors (Lipinski definition) is 2. The number of benzene rings is 2. The Morgan fingerprint density at radius 3 is 2.35 bits per heavy atom. The van der Waals surface area contributed by atoms with Crippen molar-refractivity contribution in [1.82, 2.24) is 0 Å². The first-order valence-corrected chi connectivity index (χ1v) is 6.08. The first-order valence-electron chi connectivity index (χ1n) is 5.67. The van der Waals surface area contributed by atoms with E-state index in [4.69, 9.17) is 18.0 Å². The molecule has 0 unspecified atom stereocenters. The summed E-state index contributed by atoms with van der Waals surface area (Å²) >= 11 is 5.08. The summed E-state index contributed by atoms with van der Waals surface area (Å²) in [6, 6.07) is 12.6. The van der Waals surface area contributed by atoms with E-state index in [1.807, 2.05) is 24.3 Å². The van der Waals surface area contributed by atoms with Crippen LogP contribution < -0.4 is 11.1 Å². The van der Waals surface area contributed by atoms with Crippen molar-refractivity contribution >= 4 is 33.7 Å². The van der Waals surface area contributed by atoms with Crippen molar-refractivity contribution in [3.8, 4) is 0 Å². The van der Waals surface area contributed by atoms with E-state index in [0.717, 1.165) is 22.0 Å². The molecular weight excluding hydrogens is 228 g/mol. The molecule has 2 aromatic rings. The molecule has 0 aromatic heterocycles. The van der Waals surface area contributed by atoms with E-state index >= 15 is 0 Å². The maximum absolute atomic E-state index is 5.74. The minimum Gasteiger partial charge on any atom is -0.389 e. The first-order chi connectivity index (χ1) is 8.09. The molecule has 0 saturated heterocycles. The van der Waals surface area contributed by atoms with Gasteiger partial charge in [-0.15, -0.1) is 0 Å². The number of thiocarbonyl (C=S) groups is 1. The molecule has 0 bridgehead atoms. The van der Waals surface area contributed by atoms with Crippen LogP contribution in [0.3, 0.4) is 0 Å². The summed E-state index contributed by atoms with van der Waals surface area (Å²) in [6.45, 7) is 4.24. The molecule has 17 heavy (non-hydrogen) atoms. The summed E-state index contributed by atoms with van der Waals surface area (Å²) in [7, 11) is 0. The molecule has 2 aromatic carbocycles. The van der Waals surface area contributed by atoms with E-state index in [1.54, 1.807) is 0 Å². The lowest BCUT2D eigenvalue weighted by atomic mass is 10.0. The SMILES string of the molecule is CC(C)Nc1ccc(C(N)=S)c2ccccc12. The van der Waals surface area contributed by atoms with Crippen molar-refractivity contribution in [1.29, 1.82) is 0 Å². The molecule has 88 valence electrons. The van der Waals surface area contributed by atoms with Crippen LogP contribution in [0.25, 0.3) is 10.8 Å². The average Bonchev–Trinajstić information content (AvgIpc) is 2.28. The van der Waals surface area contributed by atoms with Gasteiger partial charge in [0.15, 0.2) is 0 Å². The standard InChI is InChI=1S/C14H16N2S/c1-9(2)16-13-8-7-12(14(15)17)10-5-3-4-6-11(10)13/h3-9,16H,1-2H3,(H2,15,17). The third kappa shape index (κ3) is 2.39. The zero-order valence-electron chi connectivity index (χ0n) is 10.0. The maximum Gasteiger partial charge on any atom is 0.104 e. The lowest BCUT2D eigenvalue weighted by Crippen LogP contribution is -2.12. The van der Waals surface area contributed by atoms with E-state index in [2.05, 4.69) is 31.3 Å². The Kier molecular flexibility index (Phi) is 3.29. The molecule has 0 saturated carbocycles. The summed E-state index contributed by atoms with van der Waals surface area (Å²) < 4.78 is 0. The summed E-state index contributed by atoms with van der Waals surface area (Å²) in [5.41, 5.74) is 7.80. The fourth-order valence-corrected chi connectivity index (χ4v) is 2.13. The van der Waals surface area contributed by atoms with Crippen LogP contribution in [0.5, 0.6) is 0 Å². The van der Waals surface area contributed by atoms with Crippen LogP contribution >= 0.6 is 12.2 Å². The summed E-state index contributed by atoms with van der Waals surface area (Å²) in [6.07, 6.45) is 0. The molecular formula is C14H16N2S. The van der Waals surface area contributed by atoms with E-state index in [1.165, 1.54) is 0 Å². The van der Waals surface area contributed by atoms with Gasteiger partial charge in [0.1, 0.15) is 4.99 Å². The van der Waals surface area contributed by atoms with Gasteiger partial charge in [0, 0.05) is 22.7 Å². The second kappa shape index (κ2) is 4.72. The number of rotatable bonds is 3. The highest BCUT2D eigenvalue weighted by Gasteiger charge is 2.07. The highest BCUT2D eigenvalue weighted by atomic mass is 32.1. The third-order valence-electron chi connectivity index (χ3n) is 2.63. The van der Waals surface area contributed by atoms with Gasteiger partial charge in [0.05, 0.1) is 0 Å². The molecule has 2 nitrogen and oxygen atoms in total. The lowest BCUT2D eigenvalue weighted by Gasteiger charge is -2.14. The molecule has 0 amide bonds. The first kappa shape index (κ1) is 11.9. The number of hydrogen-bond acceptors (Lipinski definition) is 2. The molecule has 0 spiro atoms. The Labute approximate surface area is 107 Å². The number of nitrogens with one attached hydrogen (secondary N) is 1. The van der Waals surface area contributed by atoms with E-state index in [0.29, 0.717) is 11.0 Å². The monoisotopic (exact) mass is 244 g/mol. The van der Waals surface area contributed by atoms with E-state index < -0.39 is 0 Å². The predicted octanol–water partition coefficient (Wildman–Crippen LogP) is 3.29. The Morgan fingerprint density at radius 1 is 1.12 bits per heavy atom. The van der Waals surface area contributed by atoms with Crippen LogP contribution in [0.1, 0.15) is 19.4 Å². The molecule has 0 fully saturated rings. The Balaban J connectivity index is 2.66. The van der Waals surface area contributed by atoms with Gasteiger partial charge in [-0.2, -0.15) is 0 Å². The third-order valence-corrected chi connectivity index (χ3v) is 2.85. The van der Waals surface area contributed by atoms with Crippen LogP contribution in [-0.4, -0.2) is 11.0 Å². The van der Waals surface area contributed by atoms with Crippen LogP contribution in [0, 0.1) is 0 Å². The zero-order chi connectivity index (χ0) is 12.4. The summed E-state index contributed by atoms with van der Waals surface area (Å²) in [5, 5.41) is 5.69. The Morgan fingerprint density at radius 2 is 1.76 bits per heavy atom. The molecule has 0 atom stereocenters. The lowest BCUT2D eigenvalue weighted by molar-refractivity contribution is 0.902. The van der Waals surface area contributed by atoms with Crippen molar-refractivity contribution in [2.45, 2.75) is 19.9 Å². The van der Waals surface area contributed by atoms with Crippen LogP contribution in [-0.2, 0) is 0 Å². The Bertz CT molecular complexity index is 561. The number of nitrogens with two attached hydrogens (primary N) is 1. The predicted molar refractivity (Wildman–Crippen MR) is 78.6 cm³/mol. The quantitative estimate of drug-likeness (QED) is 0.814. The van der Waals surface area contributed by atoms with Crippen molar-refractivity contribution in [2.75, 3.05) is 5.32 Å². The molecule has 3 heteroatoms. The minimum atomic E-state index is 0.397. The summed E-state index contributed by atoms with van der Waals surface area (Å²) in [5.74, 6) is 0. The fourth-order valence-electron chi connectivity index (χ4n) is 1.95. The van der Waals surface area contributed by atoms with Crippen LogP contribution in [0.2, 0.25) is 0 Å². The van der Waals surface area contributed by atoms with E-state index in [-0.39, 0.29) is 0 Å². The van der Waals surface area contributed by atoms with Gasteiger partial charge in [-0.3, -0.25) is 0 Å². The molecule has 0 heterocycles. The van der Waals surface area contributed by atoms with Gasteiger partial charge in [-0.05, 0) is 31.4 Å². The molecule has 0 aliphatic carbocycles. The summed E-state index contributed by atoms with van der Waals surface area (Å²) in [4.78, 5) is 0.442. The smallest absolute Gasteiger partial charge is 0.104 e. The molecule has 2 rings (SSSR count). The van der Waals surface area contributed by atoms with Crippen molar-refractivity contribution < 1.29 is 0 Å². The number of fused-ring (bicyclic) bond motifs is 1. The highest BCUT2D eigenvalue weighted by Crippen LogP contribution is 2.27. The normalized spacial score (nSPS) is 10.8. The second-order valence-corrected chi connectivity index (χ2v) is 4.81. The molecule has 3 N–H and O–H groups in total. The molecule has 0 radical (unpaired) electrons.